The number of carbonyl (C=O) groups excluding carboxylic acids is 4. The Kier molecular flexibility index (Phi) is 13.0. The molecule has 1 atom stereocenters. The van der Waals surface area contributed by atoms with Crippen LogP contribution in [0.25, 0.3) is 0 Å². The van der Waals surface area contributed by atoms with E-state index in [4.69, 9.17) is 19.9 Å². The molecule has 5 amide bonds. The first-order valence-electron chi connectivity index (χ1n) is 16.2. The van der Waals surface area contributed by atoms with Crippen LogP contribution in [0.3, 0.4) is 0 Å². The van der Waals surface area contributed by atoms with Crippen LogP contribution in [-0.2, 0) is 26.3 Å². The highest BCUT2D eigenvalue weighted by molar-refractivity contribution is 7.14. The molecular formula is C35H43N7O7S2. The predicted molar refractivity (Wildman–Crippen MR) is 199 cm³/mol. The molecule has 1 unspecified atom stereocenters. The number of esters is 1. The van der Waals surface area contributed by atoms with Crippen LogP contribution < -0.4 is 36.5 Å². The molecule has 4 rings (SSSR count). The van der Waals surface area contributed by atoms with E-state index in [2.05, 4.69) is 31.2 Å². The zero-order valence-corrected chi connectivity index (χ0v) is 31.2. The molecule has 0 saturated heterocycles. The maximum atomic E-state index is 13.0. The highest BCUT2D eigenvalue weighted by Gasteiger charge is 2.40. The number of aromatic nitrogens is 2. The lowest BCUT2D eigenvalue weighted by atomic mass is 10.0. The number of carbonyl (C=O) groups is 4. The summed E-state index contributed by atoms with van der Waals surface area (Å²) in [6.45, 7) is 14.2. The minimum atomic E-state index is -1.95. The van der Waals surface area contributed by atoms with Crippen LogP contribution in [0, 0.1) is 25.7 Å². The Morgan fingerprint density at radius 1 is 0.765 bits per heavy atom. The Bertz CT molecular complexity index is 1870. The van der Waals surface area contributed by atoms with Gasteiger partial charge >= 0.3 is 18.0 Å². The third kappa shape index (κ3) is 11.1. The van der Waals surface area contributed by atoms with Crippen LogP contribution in [0.15, 0.2) is 47.2 Å². The number of anilines is 4. The van der Waals surface area contributed by atoms with Crippen LogP contribution in [0.4, 0.5) is 31.2 Å². The molecular weight excluding hydrogens is 695 g/mol. The van der Waals surface area contributed by atoms with Crippen molar-refractivity contribution in [1.29, 1.82) is 0 Å². The summed E-state index contributed by atoms with van der Waals surface area (Å²) in [7, 11) is 0. The smallest absolute Gasteiger partial charge is 0.325 e. The molecule has 272 valence electrons. The number of urea groups is 2. The molecule has 16 heteroatoms. The zero-order valence-electron chi connectivity index (χ0n) is 29.5. The highest BCUT2D eigenvalue weighted by Crippen LogP contribution is 2.31. The highest BCUT2D eigenvalue weighted by atomic mass is 32.1. The summed E-state index contributed by atoms with van der Waals surface area (Å²) in [5.41, 5.74) is 6.98. The van der Waals surface area contributed by atoms with Gasteiger partial charge in [0.15, 0.2) is 10.3 Å². The quantitative estimate of drug-likeness (QED) is 0.0794. The molecule has 51 heavy (non-hydrogen) atoms. The summed E-state index contributed by atoms with van der Waals surface area (Å²) in [4.78, 5) is 59.8. The van der Waals surface area contributed by atoms with Gasteiger partial charge in [0, 0.05) is 10.8 Å². The number of nitrogens with two attached hydrogens (primary N) is 1. The maximum absolute atomic E-state index is 13.0. The molecule has 0 aliphatic heterocycles. The molecule has 2 aromatic carbocycles. The molecule has 0 bridgehead atoms. The number of primary amides is 1. The van der Waals surface area contributed by atoms with Crippen LogP contribution in [-0.4, -0.2) is 47.1 Å². The van der Waals surface area contributed by atoms with E-state index in [1.54, 1.807) is 17.5 Å². The number of thiazole rings is 2. The lowest BCUT2D eigenvalue weighted by Crippen LogP contribution is -2.43. The fourth-order valence-corrected chi connectivity index (χ4v) is 5.86. The van der Waals surface area contributed by atoms with Crippen molar-refractivity contribution in [3.63, 3.8) is 0 Å². The number of hydrogen-bond acceptors (Lipinski definition) is 11. The maximum Gasteiger partial charge on any atom is 0.325 e. The van der Waals surface area contributed by atoms with Crippen molar-refractivity contribution in [2.45, 2.75) is 60.5 Å². The predicted octanol–water partition coefficient (Wildman–Crippen LogP) is 7.06. The molecule has 14 nitrogen and oxygen atoms in total. The molecule has 0 spiro atoms. The first kappa shape index (κ1) is 38.6. The van der Waals surface area contributed by atoms with E-state index >= 15 is 0 Å². The van der Waals surface area contributed by atoms with E-state index in [1.807, 2.05) is 65.8 Å². The average molecular weight is 738 g/mol. The van der Waals surface area contributed by atoms with Crippen molar-refractivity contribution in [2.75, 3.05) is 34.5 Å². The first-order chi connectivity index (χ1) is 24.1. The summed E-state index contributed by atoms with van der Waals surface area (Å²) in [6, 6.07) is 9.74. The number of rotatable bonds is 15. The Balaban J connectivity index is 1.35. The van der Waals surface area contributed by atoms with Gasteiger partial charge in [0.2, 0.25) is 5.60 Å². The summed E-state index contributed by atoms with van der Waals surface area (Å²) in [5, 5.41) is 14.2. The van der Waals surface area contributed by atoms with Crippen molar-refractivity contribution in [1.82, 2.24) is 9.97 Å². The fourth-order valence-electron chi connectivity index (χ4n) is 4.36. The van der Waals surface area contributed by atoms with Crippen molar-refractivity contribution in [3.8, 4) is 11.5 Å². The van der Waals surface area contributed by atoms with E-state index in [-0.39, 0.29) is 28.3 Å². The number of nitrogens with one attached hydrogen (secondary N) is 4. The SMILES string of the molecule is Cc1ccc(NC(=O)Nc2nc(CC(=O)OC(C)(C(N)=O)c3csc(NC(=O)Nc4ccc(C)cc4OCC(C)C)n3)cs2)c(OCC(C)C)c1. The Morgan fingerprint density at radius 2 is 1.25 bits per heavy atom. The standard InChI is InChI=1S/C35H43N7O7S2/c1-19(2)15-47-26-12-21(5)8-10-24(26)38-31(45)41-33-37-23(17-50-33)14-29(43)49-35(7,30(36)44)28-18-51-34(40-28)42-32(46)39-25-11-9-22(6)13-27(25)48-16-20(3)4/h8-13,17-20H,14-16H2,1-7H3,(H2,36,44)(H2,37,38,41,45)(H2,39,40,42,46). The molecule has 4 aromatic rings. The first-order valence-corrected chi connectivity index (χ1v) is 17.9. The average Bonchev–Trinajstić information content (AvgIpc) is 3.70. The second-order valence-corrected chi connectivity index (χ2v) is 14.5. The molecule has 0 radical (unpaired) electrons. The molecule has 0 aliphatic carbocycles. The van der Waals surface area contributed by atoms with Crippen LogP contribution >= 0.6 is 22.7 Å². The Morgan fingerprint density at radius 3 is 1.75 bits per heavy atom. The van der Waals surface area contributed by atoms with Gasteiger partial charge in [0.05, 0.1) is 36.7 Å². The Labute approximate surface area is 304 Å². The number of hydrogen-bond donors (Lipinski definition) is 5. The van der Waals surface area contributed by atoms with Gasteiger partial charge in [-0.25, -0.2) is 19.6 Å². The molecule has 0 aliphatic rings. The third-order valence-electron chi connectivity index (χ3n) is 7.01. The van der Waals surface area contributed by atoms with Crippen molar-refractivity contribution >= 4 is 68.3 Å². The van der Waals surface area contributed by atoms with Gasteiger partial charge in [-0.1, -0.05) is 39.8 Å². The third-order valence-corrected chi connectivity index (χ3v) is 8.58. The number of nitrogens with zero attached hydrogens (tertiary/aromatic N) is 2. The van der Waals surface area contributed by atoms with E-state index < -0.39 is 29.5 Å². The lowest BCUT2D eigenvalue weighted by molar-refractivity contribution is -0.166. The van der Waals surface area contributed by atoms with E-state index in [1.165, 1.54) is 12.3 Å². The topological polar surface area (TPSA) is 196 Å². The lowest BCUT2D eigenvalue weighted by Gasteiger charge is -2.24. The minimum absolute atomic E-state index is 0.0325. The number of aryl methyl sites for hydroxylation is 2. The normalized spacial score (nSPS) is 12.2. The van der Waals surface area contributed by atoms with Gasteiger partial charge in [-0.3, -0.25) is 20.2 Å². The fraction of sp³-hybridized carbons (Fsp3) is 0.371. The van der Waals surface area contributed by atoms with Gasteiger partial charge in [0.25, 0.3) is 5.91 Å². The number of amides is 5. The Hall–Kier alpha value is -5.22. The van der Waals surface area contributed by atoms with E-state index in [0.29, 0.717) is 47.7 Å². The van der Waals surface area contributed by atoms with Crippen molar-refractivity contribution < 1.29 is 33.4 Å². The zero-order chi connectivity index (χ0) is 37.3. The largest absolute Gasteiger partial charge is 0.491 e. The number of benzene rings is 2. The summed E-state index contributed by atoms with van der Waals surface area (Å²) >= 11 is 2.13. The van der Waals surface area contributed by atoms with E-state index in [0.717, 1.165) is 33.8 Å². The molecule has 2 heterocycles. The van der Waals surface area contributed by atoms with Crippen molar-refractivity contribution in [3.05, 3.63) is 69.7 Å². The van der Waals surface area contributed by atoms with Crippen molar-refractivity contribution in [2.24, 2.45) is 17.6 Å². The monoisotopic (exact) mass is 737 g/mol. The van der Waals surface area contributed by atoms with Gasteiger partial charge in [0.1, 0.15) is 17.2 Å². The summed E-state index contributed by atoms with van der Waals surface area (Å²) in [5.74, 6) is -0.100. The van der Waals surface area contributed by atoms with E-state index in [9.17, 15) is 19.2 Å². The van der Waals surface area contributed by atoms with Gasteiger partial charge in [-0.2, -0.15) is 0 Å². The molecule has 6 N–H and O–H groups in total. The molecule has 0 fully saturated rings. The van der Waals surface area contributed by atoms with Gasteiger partial charge in [-0.15, -0.1) is 22.7 Å². The molecule has 0 saturated carbocycles. The second kappa shape index (κ2) is 17.1. The van der Waals surface area contributed by atoms with Crippen LogP contribution in [0.5, 0.6) is 11.5 Å². The van der Waals surface area contributed by atoms with Gasteiger partial charge < -0.3 is 30.6 Å². The van der Waals surface area contributed by atoms with Gasteiger partial charge in [-0.05, 0) is 68.0 Å². The summed E-state index contributed by atoms with van der Waals surface area (Å²) in [6.07, 6.45) is -0.316. The second-order valence-electron chi connectivity index (χ2n) is 12.8. The summed E-state index contributed by atoms with van der Waals surface area (Å²) < 4.78 is 17.3. The minimum Gasteiger partial charge on any atom is -0.491 e. The number of ether oxygens (including phenoxy) is 3. The van der Waals surface area contributed by atoms with Crippen LogP contribution in [0.1, 0.15) is 57.1 Å². The molecule has 2 aromatic heterocycles. The van der Waals surface area contributed by atoms with Crippen LogP contribution in [0.2, 0.25) is 0 Å².